The van der Waals surface area contributed by atoms with Crippen molar-refractivity contribution in [3.63, 3.8) is 0 Å². The Bertz CT molecular complexity index is 1800. The van der Waals surface area contributed by atoms with Gasteiger partial charge >= 0.3 is 0 Å². The van der Waals surface area contributed by atoms with Gasteiger partial charge in [-0.05, 0) is 49.7 Å². The molecule has 260 valence electrons. The summed E-state index contributed by atoms with van der Waals surface area (Å²) >= 11 is 0. The van der Waals surface area contributed by atoms with Crippen LogP contribution in [0.1, 0.15) is 70.6 Å². The van der Waals surface area contributed by atoms with E-state index in [1.165, 1.54) is 36.7 Å². The lowest BCUT2D eigenvalue weighted by molar-refractivity contribution is -0.565. The van der Waals surface area contributed by atoms with Crippen LogP contribution in [-0.4, -0.2) is 62.4 Å². The van der Waals surface area contributed by atoms with Gasteiger partial charge in [0.05, 0.1) is 28.4 Å². The van der Waals surface area contributed by atoms with Crippen molar-refractivity contribution in [3.8, 4) is 0 Å². The number of rotatable bonds is 17. The van der Waals surface area contributed by atoms with E-state index in [1.807, 2.05) is 0 Å². The number of hydrogen-bond acceptors (Lipinski definition) is 8. The highest BCUT2D eigenvalue weighted by Crippen LogP contribution is 2.51. The monoisotopic (exact) mass is 675 g/mol. The first-order chi connectivity index (χ1) is 23.2. The molecule has 17 nitrogen and oxygen atoms in total. The van der Waals surface area contributed by atoms with Crippen LogP contribution in [-0.2, 0) is 28.2 Å². The summed E-state index contributed by atoms with van der Waals surface area (Å²) in [6.07, 6.45) is 9.21. The molecule has 0 radical (unpaired) electrons. The Hall–Kier alpha value is -5.74. The predicted molar refractivity (Wildman–Crippen MR) is 179 cm³/mol. The second kappa shape index (κ2) is 13.8. The molecule has 2 heterocycles. The lowest BCUT2D eigenvalue weighted by Crippen LogP contribution is -2.50. The van der Waals surface area contributed by atoms with Crippen LogP contribution in [0.15, 0.2) is 42.3 Å². The topological polar surface area (TPSA) is 297 Å². The third-order valence-corrected chi connectivity index (χ3v) is 9.07. The van der Waals surface area contributed by atoms with Crippen molar-refractivity contribution in [1.82, 2.24) is 19.8 Å². The van der Waals surface area contributed by atoms with Crippen molar-refractivity contribution >= 4 is 40.9 Å². The van der Waals surface area contributed by atoms with E-state index in [4.69, 9.17) is 33.8 Å². The van der Waals surface area contributed by atoms with E-state index in [9.17, 15) is 29.3 Å². The molecule has 2 fully saturated rings. The summed E-state index contributed by atoms with van der Waals surface area (Å²) in [4.78, 5) is 66.0. The van der Waals surface area contributed by atoms with Crippen LogP contribution in [0.3, 0.4) is 0 Å². The zero-order chi connectivity index (χ0) is 35.6. The van der Waals surface area contributed by atoms with Gasteiger partial charge < -0.3 is 42.7 Å². The van der Waals surface area contributed by atoms with Gasteiger partial charge in [0.15, 0.2) is 0 Å². The van der Waals surface area contributed by atoms with Crippen molar-refractivity contribution < 1.29 is 24.1 Å². The Morgan fingerprint density at radius 1 is 0.857 bits per heavy atom. The second-order valence-corrected chi connectivity index (χ2v) is 12.9. The lowest BCUT2D eigenvalue weighted by atomic mass is 9.67. The van der Waals surface area contributed by atoms with Gasteiger partial charge in [-0.1, -0.05) is 12.2 Å². The number of amides is 4. The molecule has 2 aromatic heterocycles. The number of nitro groups is 1. The molecule has 0 spiro atoms. The van der Waals surface area contributed by atoms with Crippen LogP contribution >= 0.6 is 0 Å². The zero-order valence-electron chi connectivity index (χ0n) is 26.9. The molecular formula is C32H41N11O6. The molecule has 12 N–H and O–H groups in total. The van der Waals surface area contributed by atoms with E-state index >= 15 is 0 Å². The largest absolute Gasteiger partial charge is 0.388 e. The van der Waals surface area contributed by atoms with E-state index in [0.717, 1.165) is 25.7 Å². The summed E-state index contributed by atoms with van der Waals surface area (Å²) in [5.74, 6) is -4.57. The molecule has 0 aromatic carbocycles. The SMILES string of the molecule is N=C(N)CCNC(=O)c1cc(C2=C(C(N)=O)C=CC(C(N)=O)C2(c2cc(C(=O)NCCC(=N)N)n(CC3CC3)c2)[N+](=O)[O-])cn1CC1CC1. The van der Waals surface area contributed by atoms with Gasteiger partial charge in [-0.3, -0.25) is 40.1 Å². The van der Waals surface area contributed by atoms with E-state index in [1.54, 1.807) is 9.13 Å². The molecule has 17 heteroatoms. The third-order valence-electron chi connectivity index (χ3n) is 9.07. The van der Waals surface area contributed by atoms with Gasteiger partial charge in [-0.25, -0.2) is 0 Å². The number of carbonyl (C=O) groups excluding carboxylic acids is 4. The number of aromatic nitrogens is 2. The molecule has 2 saturated carbocycles. The van der Waals surface area contributed by atoms with E-state index < -0.39 is 40.0 Å². The van der Waals surface area contributed by atoms with Gasteiger partial charge in [0.2, 0.25) is 11.8 Å². The Kier molecular flexibility index (Phi) is 9.73. The number of nitrogens with one attached hydrogen (secondary N) is 4. The fraction of sp³-hybridized carbons (Fsp3) is 0.438. The number of nitrogens with two attached hydrogens (primary N) is 4. The number of primary amides is 2. The molecule has 0 aliphatic heterocycles. The molecule has 4 amide bonds. The number of hydrogen-bond donors (Lipinski definition) is 8. The molecule has 0 bridgehead atoms. The van der Waals surface area contributed by atoms with Crippen molar-refractivity contribution in [3.05, 3.63) is 74.9 Å². The number of carbonyl (C=O) groups is 4. The molecule has 2 atom stereocenters. The first-order valence-electron chi connectivity index (χ1n) is 16.0. The molecule has 2 unspecified atom stereocenters. The van der Waals surface area contributed by atoms with Crippen molar-refractivity contribution in [2.45, 2.75) is 57.2 Å². The van der Waals surface area contributed by atoms with Crippen molar-refractivity contribution in [1.29, 1.82) is 10.8 Å². The molecule has 0 saturated heterocycles. The van der Waals surface area contributed by atoms with E-state index in [0.29, 0.717) is 13.1 Å². The van der Waals surface area contributed by atoms with E-state index in [-0.39, 0.29) is 83.1 Å². The van der Waals surface area contributed by atoms with Crippen LogP contribution in [0.5, 0.6) is 0 Å². The van der Waals surface area contributed by atoms with Gasteiger partial charge in [0.25, 0.3) is 17.4 Å². The standard InChI is InChI=1S/C32H41N11O6/c33-25(34)7-9-39-30(46)23-11-19(15-41(23)13-17-1-2-17)27-21(28(37)44)5-6-22(29(38)45)32(27,43(48)49)20-12-24(31(47)40-10-8-26(35)36)42(16-20)14-18-3-4-18/h5-6,11-12,15-18,22H,1-4,7-10,13-14H2,(H3,33,34)(H3,35,36)(H2,37,44)(H2,38,45)(H,39,46)(H,40,47). The fourth-order valence-electron chi connectivity index (χ4n) is 6.30. The van der Waals surface area contributed by atoms with Crippen LogP contribution < -0.4 is 33.6 Å². The Balaban J connectivity index is 1.71. The van der Waals surface area contributed by atoms with Crippen LogP contribution in [0.4, 0.5) is 0 Å². The fourth-order valence-corrected chi connectivity index (χ4v) is 6.30. The average molecular weight is 676 g/mol. The summed E-state index contributed by atoms with van der Waals surface area (Å²) < 4.78 is 3.24. The molecular weight excluding hydrogens is 634 g/mol. The third kappa shape index (κ3) is 7.24. The molecule has 5 rings (SSSR count). The predicted octanol–water partition coefficient (Wildman–Crippen LogP) is 0.304. The van der Waals surface area contributed by atoms with Crippen LogP contribution in [0.2, 0.25) is 0 Å². The number of amidine groups is 2. The summed E-state index contributed by atoms with van der Waals surface area (Å²) in [6, 6.07) is 2.73. The average Bonchev–Trinajstić information content (AvgIpc) is 3.93. The lowest BCUT2D eigenvalue weighted by Gasteiger charge is -2.34. The maximum Gasteiger partial charge on any atom is 0.289 e. The van der Waals surface area contributed by atoms with Gasteiger partial charge in [0.1, 0.15) is 17.3 Å². The minimum Gasteiger partial charge on any atom is -0.388 e. The Morgan fingerprint density at radius 2 is 1.37 bits per heavy atom. The van der Waals surface area contributed by atoms with Gasteiger partial charge in [-0.15, -0.1) is 0 Å². The van der Waals surface area contributed by atoms with Gasteiger partial charge in [0, 0.05) is 61.9 Å². The number of nitrogens with zero attached hydrogens (tertiary/aromatic N) is 3. The highest BCUT2D eigenvalue weighted by Gasteiger charge is 2.61. The minimum absolute atomic E-state index is 0.0495. The summed E-state index contributed by atoms with van der Waals surface area (Å²) in [5.41, 5.74) is 19.8. The van der Waals surface area contributed by atoms with E-state index in [2.05, 4.69) is 10.6 Å². The van der Waals surface area contributed by atoms with Crippen molar-refractivity contribution in [2.75, 3.05) is 13.1 Å². The van der Waals surface area contributed by atoms with Crippen LogP contribution in [0, 0.1) is 38.7 Å². The Labute approximate surface area is 281 Å². The first kappa shape index (κ1) is 34.6. The highest BCUT2D eigenvalue weighted by molar-refractivity contribution is 6.07. The second-order valence-electron chi connectivity index (χ2n) is 12.9. The minimum atomic E-state index is -2.54. The maximum absolute atomic E-state index is 13.6. The Morgan fingerprint density at radius 3 is 1.82 bits per heavy atom. The maximum atomic E-state index is 13.6. The normalized spacial score (nSPS) is 20.1. The first-order valence-corrected chi connectivity index (χ1v) is 16.0. The molecule has 3 aliphatic rings. The quantitative estimate of drug-likeness (QED) is 0.0498. The van der Waals surface area contributed by atoms with Crippen molar-refractivity contribution in [2.24, 2.45) is 40.7 Å². The molecule has 49 heavy (non-hydrogen) atoms. The molecule has 3 aliphatic carbocycles. The highest BCUT2D eigenvalue weighted by atomic mass is 16.6. The van der Waals surface area contributed by atoms with Gasteiger partial charge in [-0.2, -0.15) is 0 Å². The molecule has 2 aromatic rings. The smallest absolute Gasteiger partial charge is 0.289 e. The summed E-state index contributed by atoms with van der Waals surface area (Å²) in [5, 5.41) is 34.0. The summed E-state index contributed by atoms with van der Waals surface area (Å²) in [7, 11) is 0. The summed E-state index contributed by atoms with van der Waals surface area (Å²) in [6.45, 7) is 0.903. The zero-order valence-corrected chi connectivity index (χ0v) is 26.9. The van der Waals surface area contributed by atoms with Crippen LogP contribution in [0.25, 0.3) is 5.57 Å².